The first-order chi connectivity index (χ1) is 13.2. The largest absolute Gasteiger partial charge is 0.497 e. The van der Waals surface area contributed by atoms with E-state index in [1.165, 1.54) is 0 Å². The minimum atomic E-state index is -0.183. The molecule has 2 aromatic carbocycles. The SMILES string of the molecule is COc1ccc(CC(=O)Nc2ccc(Nc3cccc(C#N)c3)nn2)cc1. The highest BCUT2D eigenvalue weighted by atomic mass is 16.5. The van der Waals surface area contributed by atoms with Gasteiger partial charge in [0.1, 0.15) is 5.75 Å². The first kappa shape index (κ1) is 17.9. The van der Waals surface area contributed by atoms with Gasteiger partial charge in [0.25, 0.3) is 0 Å². The van der Waals surface area contributed by atoms with Gasteiger partial charge in [-0.25, -0.2) is 0 Å². The van der Waals surface area contributed by atoms with Gasteiger partial charge in [-0.3, -0.25) is 4.79 Å². The van der Waals surface area contributed by atoms with E-state index in [-0.39, 0.29) is 12.3 Å². The van der Waals surface area contributed by atoms with Crippen molar-refractivity contribution in [2.24, 2.45) is 0 Å². The number of nitrogens with one attached hydrogen (secondary N) is 2. The summed E-state index contributed by atoms with van der Waals surface area (Å²) in [4.78, 5) is 12.1. The zero-order valence-corrected chi connectivity index (χ0v) is 14.6. The van der Waals surface area contributed by atoms with Gasteiger partial charge in [0.15, 0.2) is 11.6 Å². The molecule has 134 valence electrons. The number of hydrogen-bond acceptors (Lipinski definition) is 6. The molecule has 1 aromatic heterocycles. The van der Waals surface area contributed by atoms with E-state index >= 15 is 0 Å². The highest BCUT2D eigenvalue weighted by molar-refractivity contribution is 5.91. The van der Waals surface area contributed by atoms with Crippen LogP contribution in [0.1, 0.15) is 11.1 Å². The highest BCUT2D eigenvalue weighted by Crippen LogP contribution is 2.16. The zero-order valence-electron chi connectivity index (χ0n) is 14.6. The predicted molar refractivity (Wildman–Crippen MR) is 102 cm³/mol. The van der Waals surface area contributed by atoms with Crippen LogP contribution in [0, 0.1) is 11.3 Å². The quantitative estimate of drug-likeness (QED) is 0.700. The zero-order chi connectivity index (χ0) is 19.1. The molecule has 0 bridgehead atoms. The van der Waals surface area contributed by atoms with Crippen LogP contribution in [0.4, 0.5) is 17.3 Å². The van der Waals surface area contributed by atoms with Crippen molar-refractivity contribution in [3.8, 4) is 11.8 Å². The van der Waals surface area contributed by atoms with E-state index in [9.17, 15) is 4.79 Å². The fourth-order valence-electron chi connectivity index (χ4n) is 2.40. The molecule has 0 saturated carbocycles. The monoisotopic (exact) mass is 359 g/mol. The van der Waals surface area contributed by atoms with Crippen LogP contribution in [0.3, 0.4) is 0 Å². The number of hydrogen-bond donors (Lipinski definition) is 2. The molecule has 1 heterocycles. The summed E-state index contributed by atoms with van der Waals surface area (Å²) in [6, 6.07) is 19.8. The Kier molecular flexibility index (Phi) is 5.60. The lowest BCUT2D eigenvalue weighted by molar-refractivity contribution is -0.115. The predicted octanol–water partition coefficient (Wildman–Crippen LogP) is 3.28. The molecule has 2 N–H and O–H groups in total. The van der Waals surface area contributed by atoms with Crippen LogP contribution in [0.5, 0.6) is 5.75 Å². The Morgan fingerprint density at radius 2 is 1.81 bits per heavy atom. The summed E-state index contributed by atoms with van der Waals surface area (Å²) >= 11 is 0. The van der Waals surface area contributed by atoms with Crippen molar-refractivity contribution in [2.45, 2.75) is 6.42 Å². The maximum absolute atomic E-state index is 12.1. The number of aromatic nitrogens is 2. The van der Waals surface area contributed by atoms with E-state index in [2.05, 4.69) is 26.9 Å². The van der Waals surface area contributed by atoms with Crippen molar-refractivity contribution in [3.63, 3.8) is 0 Å². The number of carbonyl (C=O) groups is 1. The topological polar surface area (TPSA) is 99.9 Å². The number of nitriles is 1. The van der Waals surface area contributed by atoms with Gasteiger partial charge in [-0.15, -0.1) is 10.2 Å². The molecule has 3 rings (SSSR count). The van der Waals surface area contributed by atoms with Crippen LogP contribution in [-0.2, 0) is 11.2 Å². The average Bonchev–Trinajstić information content (AvgIpc) is 2.70. The Hall–Kier alpha value is -3.92. The number of amides is 1. The third-order valence-corrected chi connectivity index (χ3v) is 3.72. The average molecular weight is 359 g/mol. The normalized spacial score (nSPS) is 9.93. The van der Waals surface area contributed by atoms with Crippen LogP contribution < -0.4 is 15.4 Å². The summed E-state index contributed by atoms with van der Waals surface area (Å²) in [7, 11) is 1.60. The highest BCUT2D eigenvalue weighted by Gasteiger charge is 2.06. The van der Waals surface area contributed by atoms with E-state index in [0.717, 1.165) is 17.0 Å². The van der Waals surface area contributed by atoms with Crippen molar-refractivity contribution in [1.82, 2.24) is 10.2 Å². The molecule has 7 heteroatoms. The van der Waals surface area contributed by atoms with E-state index in [1.54, 1.807) is 37.4 Å². The third-order valence-electron chi connectivity index (χ3n) is 3.72. The maximum atomic E-state index is 12.1. The second-order valence-electron chi connectivity index (χ2n) is 5.69. The molecule has 3 aromatic rings. The molecular formula is C20H17N5O2. The van der Waals surface area contributed by atoms with Crippen molar-refractivity contribution < 1.29 is 9.53 Å². The van der Waals surface area contributed by atoms with E-state index in [1.807, 2.05) is 30.3 Å². The number of ether oxygens (including phenoxy) is 1. The fraction of sp³-hybridized carbons (Fsp3) is 0.100. The molecular weight excluding hydrogens is 342 g/mol. The van der Waals surface area contributed by atoms with Gasteiger partial charge in [0, 0.05) is 5.69 Å². The van der Waals surface area contributed by atoms with Crippen molar-refractivity contribution >= 4 is 23.2 Å². The van der Waals surface area contributed by atoms with Gasteiger partial charge < -0.3 is 15.4 Å². The molecule has 0 fully saturated rings. The molecule has 7 nitrogen and oxygen atoms in total. The second kappa shape index (κ2) is 8.45. The standard InChI is InChI=1S/C20H17N5O2/c1-27-17-7-5-14(6-8-17)12-20(26)23-19-10-9-18(24-25-19)22-16-4-2-3-15(11-16)13-21/h2-11H,12H2,1H3,(H,22,24)(H,23,25,26). The van der Waals surface area contributed by atoms with E-state index < -0.39 is 0 Å². The molecule has 0 aliphatic rings. The Labute approximate surface area is 156 Å². The first-order valence-electron chi connectivity index (χ1n) is 8.20. The number of methoxy groups -OCH3 is 1. The molecule has 0 aliphatic carbocycles. The second-order valence-corrected chi connectivity index (χ2v) is 5.69. The number of anilines is 3. The van der Waals surface area contributed by atoms with Gasteiger partial charge in [0.05, 0.1) is 25.2 Å². The minimum absolute atomic E-state index is 0.183. The van der Waals surface area contributed by atoms with Gasteiger partial charge in [-0.2, -0.15) is 5.26 Å². The van der Waals surface area contributed by atoms with Crippen LogP contribution in [0.25, 0.3) is 0 Å². The molecule has 0 radical (unpaired) electrons. The lowest BCUT2D eigenvalue weighted by Gasteiger charge is -2.07. The van der Waals surface area contributed by atoms with Crippen LogP contribution in [0.2, 0.25) is 0 Å². The molecule has 0 atom stereocenters. The lowest BCUT2D eigenvalue weighted by Crippen LogP contribution is -2.15. The molecule has 0 saturated heterocycles. The molecule has 0 unspecified atom stereocenters. The number of nitrogens with zero attached hydrogens (tertiary/aromatic N) is 3. The van der Waals surface area contributed by atoms with Gasteiger partial charge >= 0.3 is 0 Å². The summed E-state index contributed by atoms with van der Waals surface area (Å²) in [5.41, 5.74) is 2.16. The van der Waals surface area contributed by atoms with Crippen LogP contribution in [-0.4, -0.2) is 23.2 Å². The van der Waals surface area contributed by atoms with Gasteiger partial charge in [0.2, 0.25) is 5.91 Å². The van der Waals surface area contributed by atoms with Crippen molar-refractivity contribution in [1.29, 1.82) is 5.26 Å². The number of carbonyl (C=O) groups excluding carboxylic acids is 1. The Balaban J connectivity index is 1.58. The minimum Gasteiger partial charge on any atom is -0.497 e. The molecule has 1 amide bonds. The first-order valence-corrected chi connectivity index (χ1v) is 8.20. The maximum Gasteiger partial charge on any atom is 0.229 e. The van der Waals surface area contributed by atoms with E-state index in [0.29, 0.717) is 17.2 Å². The van der Waals surface area contributed by atoms with Crippen LogP contribution in [0.15, 0.2) is 60.7 Å². The Morgan fingerprint density at radius 1 is 1.07 bits per heavy atom. The smallest absolute Gasteiger partial charge is 0.229 e. The van der Waals surface area contributed by atoms with Crippen LogP contribution >= 0.6 is 0 Å². The summed E-state index contributed by atoms with van der Waals surface area (Å²) < 4.78 is 5.10. The summed E-state index contributed by atoms with van der Waals surface area (Å²) in [6.07, 6.45) is 0.229. The van der Waals surface area contributed by atoms with Gasteiger partial charge in [-0.1, -0.05) is 18.2 Å². The molecule has 27 heavy (non-hydrogen) atoms. The number of rotatable bonds is 6. The third kappa shape index (κ3) is 5.03. The summed E-state index contributed by atoms with van der Waals surface area (Å²) in [6.45, 7) is 0. The van der Waals surface area contributed by atoms with Crippen molar-refractivity contribution in [2.75, 3.05) is 17.7 Å². The number of benzene rings is 2. The Morgan fingerprint density at radius 3 is 2.48 bits per heavy atom. The fourth-order valence-corrected chi connectivity index (χ4v) is 2.40. The summed E-state index contributed by atoms with van der Waals surface area (Å²) in [5, 5.41) is 22.7. The van der Waals surface area contributed by atoms with Gasteiger partial charge in [-0.05, 0) is 48.0 Å². The Bertz CT molecular complexity index is 963. The van der Waals surface area contributed by atoms with E-state index in [4.69, 9.17) is 10.00 Å². The van der Waals surface area contributed by atoms with Crippen molar-refractivity contribution in [3.05, 3.63) is 71.8 Å². The lowest BCUT2D eigenvalue weighted by atomic mass is 10.1. The molecule has 0 aliphatic heterocycles. The molecule has 0 spiro atoms. The summed E-state index contributed by atoms with van der Waals surface area (Å²) in [5.74, 6) is 1.44.